The zero-order valence-electron chi connectivity index (χ0n) is 13.1. The number of halogens is 1. The number of anilines is 1. The molecule has 3 nitrogen and oxygen atoms in total. The van der Waals surface area contributed by atoms with Gasteiger partial charge < -0.3 is 0 Å². The van der Waals surface area contributed by atoms with Crippen LogP contribution in [0.15, 0.2) is 36.4 Å². The summed E-state index contributed by atoms with van der Waals surface area (Å²) in [6.45, 7) is 0. The number of carbonyl (C=O) groups is 2. The molecule has 1 aromatic carbocycles. The molecule has 122 valence electrons. The van der Waals surface area contributed by atoms with Crippen LogP contribution in [0.1, 0.15) is 12.8 Å². The lowest BCUT2D eigenvalue weighted by Crippen LogP contribution is -2.38. The summed E-state index contributed by atoms with van der Waals surface area (Å²) in [6, 6.07) is 5.72. The number of carbonyl (C=O) groups excluding carboxylic acids is 2. The van der Waals surface area contributed by atoms with Gasteiger partial charge in [0.05, 0.1) is 17.5 Å². The van der Waals surface area contributed by atoms with Gasteiger partial charge in [-0.2, -0.15) is 0 Å². The Morgan fingerprint density at radius 1 is 0.833 bits per heavy atom. The highest BCUT2D eigenvalue weighted by Crippen LogP contribution is 2.70. The minimum Gasteiger partial charge on any atom is -0.274 e. The molecule has 1 heterocycles. The van der Waals surface area contributed by atoms with E-state index in [0.717, 1.165) is 6.42 Å². The van der Waals surface area contributed by atoms with E-state index in [1.807, 2.05) is 0 Å². The first-order valence-electron chi connectivity index (χ1n) is 8.97. The molecule has 24 heavy (non-hydrogen) atoms. The minimum absolute atomic E-state index is 0.0469. The predicted molar refractivity (Wildman–Crippen MR) is 85.2 cm³/mol. The highest BCUT2D eigenvalue weighted by Gasteiger charge is 2.71. The molecule has 4 heteroatoms. The molecule has 0 N–H and O–H groups in total. The van der Waals surface area contributed by atoms with Gasteiger partial charge >= 0.3 is 0 Å². The summed E-state index contributed by atoms with van der Waals surface area (Å²) >= 11 is 0. The Morgan fingerprint density at radius 2 is 1.38 bits per heavy atom. The SMILES string of the molecule is O=C1C2C3CC(C2C(=O)N1c1ccc(F)cc1)C1C2C=CC(C2)C31. The van der Waals surface area contributed by atoms with Gasteiger partial charge in [-0.1, -0.05) is 12.2 Å². The van der Waals surface area contributed by atoms with E-state index < -0.39 is 0 Å². The lowest BCUT2D eigenvalue weighted by molar-refractivity contribution is -0.123. The minimum atomic E-state index is -0.352. The van der Waals surface area contributed by atoms with E-state index in [1.165, 1.54) is 23.5 Å². The van der Waals surface area contributed by atoms with Crippen LogP contribution in [0.3, 0.4) is 0 Å². The largest absolute Gasteiger partial charge is 0.274 e. The Bertz CT molecular complexity index is 758. The number of nitrogens with zero attached hydrogens (tertiary/aromatic N) is 1. The second-order valence-electron chi connectivity index (χ2n) is 8.21. The maximum atomic E-state index is 13.2. The van der Waals surface area contributed by atoms with Crippen molar-refractivity contribution < 1.29 is 14.0 Å². The third-order valence-electron chi connectivity index (χ3n) is 7.52. The first kappa shape index (κ1) is 13.3. The maximum Gasteiger partial charge on any atom is 0.237 e. The normalized spacial score (nSPS) is 47.0. The summed E-state index contributed by atoms with van der Waals surface area (Å²) in [4.78, 5) is 27.5. The van der Waals surface area contributed by atoms with Crippen LogP contribution in [0.25, 0.3) is 0 Å². The fourth-order valence-corrected chi connectivity index (χ4v) is 6.96. The van der Waals surface area contributed by atoms with Crippen LogP contribution < -0.4 is 4.90 Å². The van der Waals surface area contributed by atoms with Crippen LogP contribution in [0.4, 0.5) is 10.1 Å². The van der Waals surface area contributed by atoms with Crippen molar-refractivity contribution >= 4 is 17.5 Å². The molecule has 8 atom stereocenters. The predicted octanol–water partition coefficient (Wildman–Crippen LogP) is 3.02. The molecule has 8 unspecified atom stereocenters. The fraction of sp³-hybridized carbons (Fsp3) is 0.500. The van der Waals surface area contributed by atoms with Crippen molar-refractivity contribution in [1.29, 1.82) is 0 Å². The van der Waals surface area contributed by atoms with Crippen LogP contribution in [0.5, 0.6) is 0 Å². The maximum absolute atomic E-state index is 13.2. The zero-order chi connectivity index (χ0) is 16.2. The van der Waals surface area contributed by atoms with E-state index in [2.05, 4.69) is 12.2 Å². The second kappa shape index (κ2) is 4.16. The van der Waals surface area contributed by atoms with Crippen molar-refractivity contribution in [3.8, 4) is 0 Å². The van der Waals surface area contributed by atoms with E-state index in [-0.39, 0.29) is 29.5 Å². The highest BCUT2D eigenvalue weighted by atomic mass is 19.1. The Kier molecular flexibility index (Phi) is 2.31. The lowest BCUT2D eigenvalue weighted by atomic mass is 9.65. The van der Waals surface area contributed by atoms with Crippen molar-refractivity contribution in [3.05, 3.63) is 42.2 Å². The number of imide groups is 1. The van der Waals surface area contributed by atoms with E-state index in [9.17, 15) is 14.0 Å². The number of hydrogen-bond donors (Lipinski definition) is 0. The third-order valence-corrected chi connectivity index (χ3v) is 7.52. The van der Waals surface area contributed by atoms with E-state index in [0.29, 0.717) is 41.2 Å². The number of benzene rings is 1. The van der Waals surface area contributed by atoms with Gasteiger partial charge in [0.1, 0.15) is 5.82 Å². The quantitative estimate of drug-likeness (QED) is 0.453. The molecule has 1 saturated heterocycles. The monoisotopic (exact) mass is 323 g/mol. The van der Waals surface area contributed by atoms with Crippen molar-refractivity contribution in [1.82, 2.24) is 0 Å². The molecule has 5 aliphatic rings. The molecule has 1 aliphatic heterocycles. The van der Waals surface area contributed by atoms with Gasteiger partial charge in [-0.15, -0.1) is 0 Å². The molecule has 4 fully saturated rings. The van der Waals surface area contributed by atoms with E-state index in [1.54, 1.807) is 12.1 Å². The van der Waals surface area contributed by atoms with Crippen molar-refractivity contribution in [2.45, 2.75) is 12.8 Å². The van der Waals surface area contributed by atoms with Gasteiger partial charge in [-0.25, -0.2) is 4.39 Å². The Labute approximate surface area is 139 Å². The molecule has 1 aromatic rings. The molecule has 2 amide bonds. The van der Waals surface area contributed by atoms with E-state index >= 15 is 0 Å². The molecule has 3 saturated carbocycles. The van der Waals surface area contributed by atoms with Crippen LogP contribution >= 0.6 is 0 Å². The summed E-state index contributed by atoms with van der Waals surface area (Å²) in [5.41, 5.74) is 0.520. The summed E-state index contributed by atoms with van der Waals surface area (Å²) in [7, 11) is 0. The number of allylic oxidation sites excluding steroid dienone is 2. The molecule has 4 bridgehead atoms. The molecule has 6 rings (SSSR count). The first-order chi connectivity index (χ1) is 11.6. The number of amides is 2. The summed E-state index contributed by atoms with van der Waals surface area (Å²) in [5, 5.41) is 0. The third kappa shape index (κ3) is 1.36. The fourth-order valence-electron chi connectivity index (χ4n) is 6.96. The average molecular weight is 323 g/mol. The lowest BCUT2D eigenvalue weighted by Gasteiger charge is -2.36. The number of rotatable bonds is 1. The van der Waals surface area contributed by atoms with E-state index in [4.69, 9.17) is 0 Å². The second-order valence-corrected chi connectivity index (χ2v) is 8.21. The van der Waals surface area contributed by atoms with Gasteiger partial charge in [-0.3, -0.25) is 14.5 Å². The van der Waals surface area contributed by atoms with Gasteiger partial charge in [0.2, 0.25) is 11.8 Å². The first-order valence-corrected chi connectivity index (χ1v) is 8.97. The molecular formula is C20H18FNO2. The van der Waals surface area contributed by atoms with Crippen molar-refractivity contribution in [2.24, 2.45) is 47.3 Å². The molecule has 0 spiro atoms. The Balaban J connectivity index is 1.40. The van der Waals surface area contributed by atoms with Crippen molar-refractivity contribution in [3.63, 3.8) is 0 Å². The topological polar surface area (TPSA) is 37.4 Å². The number of fused-ring (bicyclic) bond motifs is 12. The standard InChI is InChI=1S/C20H18FNO2/c21-11-3-5-12(6-4-11)22-19(23)17-13-8-14(18(17)20(22)24)16-10-2-1-9(7-10)15(13)16/h1-6,9-10,13-18H,7-8H2. The van der Waals surface area contributed by atoms with Gasteiger partial charge in [-0.05, 0) is 72.6 Å². The summed E-state index contributed by atoms with van der Waals surface area (Å²) < 4.78 is 13.2. The number of hydrogen-bond acceptors (Lipinski definition) is 2. The van der Waals surface area contributed by atoms with Crippen LogP contribution in [-0.2, 0) is 9.59 Å². The van der Waals surface area contributed by atoms with Crippen LogP contribution in [-0.4, -0.2) is 11.8 Å². The highest BCUT2D eigenvalue weighted by molar-refractivity contribution is 6.22. The van der Waals surface area contributed by atoms with Gasteiger partial charge in [0.15, 0.2) is 0 Å². The Morgan fingerprint density at radius 3 is 1.92 bits per heavy atom. The Hall–Kier alpha value is -1.97. The van der Waals surface area contributed by atoms with Crippen molar-refractivity contribution in [2.75, 3.05) is 4.90 Å². The molecule has 0 aromatic heterocycles. The smallest absolute Gasteiger partial charge is 0.237 e. The molecular weight excluding hydrogens is 305 g/mol. The summed E-state index contributed by atoms with van der Waals surface area (Å²) in [5.74, 6) is 2.48. The summed E-state index contributed by atoms with van der Waals surface area (Å²) in [6.07, 6.45) is 6.97. The average Bonchev–Trinajstić information content (AvgIpc) is 3.35. The zero-order valence-corrected chi connectivity index (χ0v) is 13.1. The van der Waals surface area contributed by atoms with Crippen LogP contribution in [0.2, 0.25) is 0 Å². The van der Waals surface area contributed by atoms with Gasteiger partial charge in [0.25, 0.3) is 0 Å². The molecule has 0 radical (unpaired) electrons. The van der Waals surface area contributed by atoms with Gasteiger partial charge in [0, 0.05) is 0 Å². The molecule has 4 aliphatic carbocycles. The van der Waals surface area contributed by atoms with Crippen LogP contribution in [0, 0.1) is 53.2 Å².